The van der Waals surface area contributed by atoms with E-state index in [1.165, 1.54) is 5.56 Å². The molecule has 1 aromatic carbocycles. The highest BCUT2D eigenvalue weighted by Gasteiger charge is 2.23. The Hall–Kier alpha value is -2.18. The number of nitrogens with zero attached hydrogens (tertiary/aromatic N) is 4. The third-order valence-corrected chi connectivity index (χ3v) is 4.71. The second kappa shape index (κ2) is 6.75. The summed E-state index contributed by atoms with van der Waals surface area (Å²) in [6, 6.07) is 10.6. The molecule has 2 aliphatic rings. The van der Waals surface area contributed by atoms with Gasteiger partial charge in [0.05, 0.1) is 18.9 Å². The number of nitrogen functional groups attached to an aromatic ring is 1. The van der Waals surface area contributed by atoms with Crippen LogP contribution in [0, 0.1) is 0 Å². The van der Waals surface area contributed by atoms with Crippen molar-refractivity contribution < 1.29 is 4.74 Å². The summed E-state index contributed by atoms with van der Waals surface area (Å²) in [7, 11) is 0. The van der Waals surface area contributed by atoms with Crippen molar-refractivity contribution in [2.24, 2.45) is 0 Å². The Bertz CT molecular complexity index is 700. The Morgan fingerprint density at radius 2 is 1.83 bits per heavy atom. The van der Waals surface area contributed by atoms with E-state index < -0.39 is 0 Å². The molecule has 0 bridgehead atoms. The van der Waals surface area contributed by atoms with Crippen LogP contribution < -0.4 is 10.6 Å². The molecule has 0 amide bonds. The van der Waals surface area contributed by atoms with Gasteiger partial charge < -0.3 is 15.4 Å². The van der Waals surface area contributed by atoms with E-state index in [-0.39, 0.29) is 0 Å². The van der Waals surface area contributed by atoms with E-state index in [9.17, 15) is 0 Å². The fourth-order valence-corrected chi connectivity index (χ4v) is 3.38. The lowest BCUT2D eigenvalue weighted by Gasteiger charge is -2.31. The highest BCUT2D eigenvalue weighted by atomic mass is 16.5. The average molecular weight is 325 g/mol. The number of hydrogen-bond donors (Lipinski definition) is 1. The summed E-state index contributed by atoms with van der Waals surface area (Å²) in [5.41, 5.74) is 9.75. The van der Waals surface area contributed by atoms with Crippen LogP contribution in [0.25, 0.3) is 0 Å². The van der Waals surface area contributed by atoms with E-state index in [1.807, 2.05) is 0 Å². The molecule has 1 aromatic heterocycles. The van der Waals surface area contributed by atoms with Gasteiger partial charge in [-0.15, -0.1) is 0 Å². The molecule has 0 aliphatic carbocycles. The number of fused-ring (bicyclic) bond motifs is 1. The van der Waals surface area contributed by atoms with Crippen LogP contribution in [0.2, 0.25) is 0 Å². The molecule has 1 fully saturated rings. The molecule has 0 atom stereocenters. The van der Waals surface area contributed by atoms with Crippen LogP contribution in [0.3, 0.4) is 0 Å². The van der Waals surface area contributed by atoms with Gasteiger partial charge in [-0.3, -0.25) is 4.90 Å². The minimum absolute atomic E-state index is 0.640. The second-order valence-electron chi connectivity index (χ2n) is 6.38. The summed E-state index contributed by atoms with van der Waals surface area (Å²) in [6.45, 7) is 5.86. The van der Waals surface area contributed by atoms with Gasteiger partial charge in [-0.25, -0.2) is 4.98 Å². The fraction of sp³-hybridized carbons (Fsp3) is 0.444. The topological polar surface area (TPSA) is 67.5 Å². The Balaban J connectivity index is 1.54. The molecule has 1 saturated heterocycles. The summed E-state index contributed by atoms with van der Waals surface area (Å²) in [4.78, 5) is 14.0. The van der Waals surface area contributed by atoms with Crippen molar-refractivity contribution in [1.29, 1.82) is 0 Å². The third-order valence-electron chi connectivity index (χ3n) is 4.71. The number of rotatable bonds is 3. The molecule has 2 aliphatic heterocycles. The normalized spacial score (nSPS) is 18.4. The zero-order valence-corrected chi connectivity index (χ0v) is 13.8. The maximum atomic E-state index is 6.22. The summed E-state index contributed by atoms with van der Waals surface area (Å²) >= 11 is 0. The van der Waals surface area contributed by atoms with E-state index in [4.69, 9.17) is 15.5 Å². The number of hydrogen-bond acceptors (Lipinski definition) is 6. The molecule has 0 unspecified atom stereocenters. The summed E-state index contributed by atoms with van der Waals surface area (Å²) in [5.74, 6) is 1.39. The first-order valence-electron chi connectivity index (χ1n) is 8.54. The maximum absolute atomic E-state index is 6.22. The van der Waals surface area contributed by atoms with Crippen LogP contribution in [0.5, 0.6) is 0 Å². The molecule has 6 heteroatoms. The van der Waals surface area contributed by atoms with Gasteiger partial charge in [0.2, 0.25) is 5.95 Å². The summed E-state index contributed by atoms with van der Waals surface area (Å²) < 4.78 is 5.41. The van der Waals surface area contributed by atoms with Crippen molar-refractivity contribution in [2.75, 3.05) is 43.5 Å². The van der Waals surface area contributed by atoms with Gasteiger partial charge in [-0.05, 0) is 12.0 Å². The quantitative estimate of drug-likeness (QED) is 0.921. The van der Waals surface area contributed by atoms with Gasteiger partial charge in [0.25, 0.3) is 0 Å². The molecule has 6 nitrogen and oxygen atoms in total. The van der Waals surface area contributed by atoms with Crippen LogP contribution in [0.1, 0.15) is 16.8 Å². The zero-order valence-electron chi connectivity index (χ0n) is 13.8. The number of anilines is 2. The Kier molecular flexibility index (Phi) is 4.32. The lowest BCUT2D eigenvalue weighted by molar-refractivity contribution is 0.122. The first-order valence-corrected chi connectivity index (χ1v) is 8.54. The molecular formula is C18H23N5O. The third kappa shape index (κ3) is 3.20. The van der Waals surface area contributed by atoms with Crippen molar-refractivity contribution in [1.82, 2.24) is 14.9 Å². The SMILES string of the molecule is Nc1nc(N2CCOCC2)nc2c1CCN(Cc1ccccc1)C2. The van der Waals surface area contributed by atoms with Crippen LogP contribution >= 0.6 is 0 Å². The monoisotopic (exact) mass is 325 g/mol. The van der Waals surface area contributed by atoms with E-state index in [0.717, 1.165) is 69.6 Å². The number of benzene rings is 1. The van der Waals surface area contributed by atoms with Gasteiger partial charge in [-0.1, -0.05) is 30.3 Å². The standard InChI is InChI=1S/C18H23N5O/c19-17-15-6-7-22(12-14-4-2-1-3-5-14)13-16(15)20-18(21-17)23-8-10-24-11-9-23/h1-5H,6-13H2,(H2,19,20,21). The van der Waals surface area contributed by atoms with E-state index in [2.05, 4.69) is 45.1 Å². The predicted octanol–water partition coefficient (Wildman–Crippen LogP) is 1.45. The van der Waals surface area contributed by atoms with Crippen molar-refractivity contribution >= 4 is 11.8 Å². The minimum atomic E-state index is 0.640. The number of aromatic nitrogens is 2. The van der Waals surface area contributed by atoms with Crippen LogP contribution in [0.4, 0.5) is 11.8 Å². The first kappa shape index (κ1) is 15.4. The van der Waals surface area contributed by atoms with Crippen molar-refractivity contribution in [2.45, 2.75) is 19.5 Å². The van der Waals surface area contributed by atoms with Crippen LogP contribution in [-0.2, 0) is 24.2 Å². The van der Waals surface area contributed by atoms with Crippen LogP contribution in [0.15, 0.2) is 30.3 Å². The Labute approximate surface area is 142 Å². The van der Waals surface area contributed by atoms with E-state index in [1.54, 1.807) is 0 Å². The molecule has 2 aromatic rings. The fourth-order valence-electron chi connectivity index (χ4n) is 3.38. The van der Waals surface area contributed by atoms with Gasteiger partial charge in [0, 0.05) is 38.3 Å². The molecule has 126 valence electrons. The first-order chi connectivity index (χ1) is 11.8. The van der Waals surface area contributed by atoms with Gasteiger partial charge in [0.1, 0.15) is 5.82 Å². The number of morpholine rings is 1. The minimum Gasteiger partial charge on any atom is -0.383 e. The number of nitrogens with two attached hydrogens (primary N) is 1. The molecule has 2 N–H and O–H groups in total. The van der Waals surface area contributed by atoms with Gasteiger partial charge >= 0.3 is 0 Å². The van der Waals surface area contributed by atoms with Crippen LogP contribution in [-0.4, -0.2) is 47.7 Å². The smallest absolute Gasteiger partial charge is 0.227 e. The molecule has 24 heavy (non-hydrogen) atoms. The van der Waals surface area contributed by atoms with Crippen molar-refractivity contribution in [3.8, 4) is 0 Å². The maximum Gasteiger partial charge on any atom is 0.227 e. The van der Waals surface area contributed by atoms with Gasteiger partial charge in [-0.2, -0.15) is 4.98 Å². The largest absolute Gasteiger partial charge is 0.383 e. The molecular weight excluding hydrogens is 302 g/mol. The average Bonchev–Trinajstić information content (AvgIpc) is 2.63. The highest BCUT2D eigenvalue weighted by Crippen LogP contribution is 2.25. The molecule has 3 heterocycles. The molecule has 0 saturated carbocycles. The van der Waals surface area contributed by atoms with E-state index >= 15 is 0 Å². The zero-order chi connectivity index (χ0) is 16.4. The molecule has 4 rings (SSSR count). The summed E-state index contributed by atoms with van der Waals surface area (Å²) in [6.07, 6.45) is 0.914. The summed E-state index contributed by atoms with van der Waals surface area (Å²) in [5, 5.41) is 0. The Morgan fingerprint density at radius 1 is 1.04 bits per heavy atom. The number of ether oxygens (including phenoxy) is 1. The molecule has 0 radical (unpaired) electrons. The van der Waals surface area contributed by atoms with E-state index in [0.29, 0.717) is 5.82 Å². The van der Waals surface area contributed by atoms with Crippen molar-refractivity contribution in [3.63, 3.8) is 0 Å². The van der Waals surface area contributed by atoms with Gasteiger partial charge in [0.15, 0.2) is 0 Å². The second-order valence-corrected chi connectivity index (χ2v) is 6.38. The highest BCUT2D eigenvalue weighted by molar-refractivity contribution is 5.49. The lowest BCUT2D eigenvalue weighted by Crippen LogP contribution is -2.38. The molecule has 0 spiro atoms. The van der Waals surface area contributed by atoms with Crippen molar-refractivity contribution in [3.05, 3.63) is 47.2 Å². The predicted molar refractivity (Wildman–Crippen MR) is 93.7 cm³/mol. The lowest BCUT2D eigenvalue weighted by atomic mass is 10.0. The Morgan fingerprint density at radius 3 is 2.62 bits per heavy atom.